The van der Waals surface area contributed by atoms with Crippen LogP contribution in [0, 0.1) is 6.92 Å². The normalized spacial score (nSPS) is 18.9. The molecule has 3 rings (SSSR count). The summed E-state index contributed by atoms with van der Waals surface area (Å²) < 4.78 is 5.68. The average molecular weight is 286 g/mol. The Morgan fingerprint density at radius 3 is 3.00 bits per heavy atom. The van der Waals surface area contributed by atoms with Crippen LogP contribution >= 0.6 is 0 Å². The Kier molecular flexibility index (Phi) is 3.97. The molecule has 0 aliphatic carbocycles. The van der Waals surface area contributed by atoms with Crippen molar-refractivity contribution in [1.29, 1.82) is 0 Å². The maximum Gasteiger partial charge on any atom is 0.289 e. The predicted octanol–water partition coefficient (Wildman–Crippen LogP) is 2.96. The molecule has 1 saturated heterocycles. The third-order valence-electron chi connectivity index (χ3n) is 4.14. The molecule has 4 nitrogen and oxygen atoms in total. The van der Waals surface area contributed by atoms with Crippen LogP contribution in [0.4, 0.5) is 0 Å². The van der Waals surface area contributed by atoms with Crippen LogP contribution in [0.25, 0.3) is 11.0 Å². The second kappa shape index (κ2) is 5.90. The van der Waals surface area contributed by atoms with E-state index in [4.69, 9.17) is 4.42 Å². The van der Waals surface area contributed by atoms with E-state index in [1.54, 1.807) is 4.90 Å². The van der Waals surface area contributed by atoms with Gasteiger partial charge in [0.05, 0.1) is 0 Å². The molecule has 1 aromatic carbocycles. The van der Waals surface area contributed by atoms with Crippen LogP contribution in [0.15, 0.2) is 28.7 Å². The number of benzene rings is 1. The number of aryl methyl sites for hydroxylation is 1. The van der Waals surface area contributed by atoms with Crippen LogP contribution in [-0.2, 0) is 0 Å². The summed E-state index contributed by atoms with van der Waals surface area (Å²) in [5.41, 5.74) is 1.94. The van der Waals surface area contributed by atoms with Crippen LogP contribution in [0.2, 0.25) is 0 Å². The van der Waals surface area contributed by atoms with Gasteiger partial charge in [-0.05, 0) is 44.5 Å². The first-order chi connectivity index (χ1) is 10.1. The van der Waals surface area contributed by atoms with Crippen LogP contribution < -0.4 is 5.32 Å². The number of fused-ring (bicyclic) bond motifs is 1. The molecule has 0 radical (unpaired) electrons. The van der Waals surface area contributed by atoms with Crippen molar-refractivity contribution in [2.75, 3.05) is 20.1 Å². The lowest BCUT2D eigenvalue weighted by atomic mass is 10.0. The van der Waals surface area contributed by atoms with Crippen LogP contribution in [0.1, 0.15) is 35.4 Å². The number of nitrogens with one attached hydrogen (secondary N) is 1. The van der Waals surface area contributed by atoms with Gasteiger partial charge in [0.1, 0.15) is 5.58 Å². The summed E-state index contributed by atoms with van der Waals surface area (Å²) in [7, 11) is 1.84. The van der Waals surface area contributed by atoms with E-state index in [2.05, 4.69) is 5.32 Å². The number of piperidine rings is 1. The predicted molar refractivity (Wildman–Crippen MR) is 83.6 cm³/mol. The molecule has 1 atom stereocenters. The molecule has 4 heteroatoms. The van der Waals surface area contributed by atoms with Crippen molar-refractivity contribution in [2.24, 2.45) is 0 Å². The van der Waals surface area contributed by atoms with E-state index in [1.165, 1.54) is 18.4 Å². The van der Waals surface area contributed by atoms with Gasteiger partial charge in [0.25, 0.3) is 5.91 Å². The van der Waals surface area contributed by atoms with Gasteiger partial charge in [-0.25, -0.2) is 0 Å². The molecule has 0 saturated carbocycles. The fourth-order valence-corrected chi connectivity index (χ4v) is 2.95. The molecule has 0 bridgehead atoms. The molecule has 2 heterocycles. The lowest BCUT2D eigenvalue weighted by molar-refractivity contribution is 0.0746. The maximum absolute atomic E-state index is 12.5. The Hall–Kier alpha value is -1.81. The van der Waals surface area contributed by atoms with Gasteiger partial charge in [0.15, 0.2) is 5.76 Å². The highest BCUT2D eigenvalue weighted by Gasteiger charge is 2.21. The third-order valence-corrected chi connectivity index (χ3v) is 4.14. The third kappa shape index (κ3) is 3.10. The lowest BCUT2D eigenvalue weighted by Gasteiger charge is -2.27. The Balaban J connectivity index is 1.72. The highest BCUT2D eigenvalue weighted by Crippen LogP contribution is 2.21. The zero-order valence-electron chi connectivity index (χ0n) is 12.7. The van der Waals surface area contributed by atoms with E-state index >= 15 is 0 Å². The van der Waals surface area contributed by atoms with Crippen molar-refractivity contribution in [3.8, 4) is 0 Å². The molecule has 21 heavy (non-hydrogen) atoms. The SMILES string of the molecule is Cc1ccc2oc(C(=O)N(C)CC3CCCCN3)cc2c1. The number of carbonyl (C=O) groups is 1. The monoisotopic (exact) mass is 286 g/mol. The van der Waals surface area contributed by atoms with E-state index in [9.17, 15) is 4.79 Å². The molecular formula is C17H22N2O2. The number of amides is 1. The highest BCUT2D eigenvalue weighted by molar-refractivity contribution is 5.96. The van der Waals surface area contributed by atoms with Gasteiger partial charge in [-0.2, -0.15) is 0 Å². The highest BCUT2D eigenvalue weighted by atomic mass is 16.3. The minimum absolute atomic E-state index is 0.0452. The molecule has 1 amide bonds. The average Bonchev–Trinajstić information content (AvgIpc) is 2.90. The molecule has 1 unspecified atom stereocenters. The molecule has 1 aliphatic rings. The quantitative estimate of drug-likeness (QED) is 0.943. The fraction of sp³-hybridized carbons (Fsp3) is 0.471. The summed E-state index contributed by atoms with van der Waals surface area (Å²) in [4.78, 5) is 14.2. The molecule has 2 aromatic rings. The summed E-state index contributed by atoms with van der Waals surface area (Å²) in [6.45, 7) is 3.82. The van der Waals surface area contributed by atoms with Gasteiger partial charge in [-0.3, -0.25) is 4.79 Å². The fourth-order valence-electron chi connectivity index (χ4n) is 2.95. The summed E-state index contributed by atoms with van der Waals surface area (Å²) >= 11 is 0. The number of furan rings is 1. The summed E-state index contributed by atoms with van der Waals surface area (Å²) in [6.07, 6.45) is 3.61. The number of likely N-dealkylation sites (N-methyl/N-ethyl adjacent to an activating group) is 1. The zero-order chi connectivity index (χ0) is 14.8. The Bertz CT molecular complexity index is 641. The number of carbonyl (C=O) groups excluding carboxylic acids is 1. The Morgan fingerprint density at radius 1 is 1.38 bits per heavy atom. The molecular weight excluding hydrogens is 264 g/mol. The van der Waals surface area contributed by atoms with Gasteiger partial charge in [-0.1, -0.05) is 18.1 Å². The van der Waals surface area contributed by atoms with Gasteiger partial charge < -0.3 is 14.6 Å². The van der Waals surface area contributed by atoms with Crippen LogP contribution in [0.3, 0.4) is 0 Å². The first kappa shape index (κ1) is 14.1. The van der Waals surface area contributed by atoms with E-state index < -0.39 is 0 Å². The Morgan fingerprint density at radius 2 is 2.24 bits per heavy atom. The molecule has 112 valence electrons. The lowest BCUT2D eigenvalue weighted by Crippen LogP contribution is -2.44. The second-order valence-electron chi connectivity index (χ2n) is 5.98. The minimum atomic E-state index is -0.0452. The smallest absolute Gasteiger partial charge is 0.289 e. The topological polar surface area (TPSA) is 45.5 Å². The molecule has 0 spiro atoms. The number of hydrogen-bond donors (Lipinski definition) is 1. The number of rotatable bonds is 3. The maximum atomic E-state index is 12.5. The van der Waals surface area contributed by atoms with Gasteiger partial charge in [-0.15, -0.1) is 0 Å². The van der Waals surface area contributed by atoms with Crippen molar-refractivity contribution in [3.63, 3.8) is 0 Å². The van der Waals surface area contributed by atoms with Crippen molar-refractivity contribution >= 4 is 16.9 Å². The van der Waals surface area contributed by atoms with Crippen LogP contribution in [0.5, 0.6) is 0 Å². The van der Waals surface area contributed by atoms with Crippen LogP contribution in [-0.4, -0.2) is 37.0 Å². The van der Waals surface area contributed by atoms with E-state index in [-0.39, 0.29) is 5.91 Å². The Labute approximate surface area is 125 Å². The minimum Gasteiger partial charge on any atom is -0.451 e. The van der Waals surface area contributed by atoms with E-state index in [1.807, 2.05) is 38.2 Å². The zero-order valence-corrected chi connectivity index (χ0v) is 12.7. The summed E-state index contributed by atoms with van der Waals surface area (Å²) in [5, 5.41) is 4.45. The molecule has 1 aromatic heterocycles. The molecule has 1 N–H and O–H groups in total. The van der Waals surface area contributed by atoms with E-state index in [0.717, 1.165) is 30.5 Å². The molecule has 1 aliphatic heterocycles. The first-order valence-corrected chi connectivity index (χ1v) is 7.62. The summed E-state index contributed by atoms with van der Waals surface area (Å²) in [6, 6.07) is 8.20. The van der Waals surface area contributed by atoms with Crippen molar-refractivity contribution in [3.05, 3.63) is 35.6 Å². The summed E-state index contributed by atoms with van der Waals surface area (Å²) in [5.74, 6) is 0.380. The van der Waals surface area contributed by atoms with Crippen molar-refractivity contribution < 1.29 is 9.21 Å². The standard InChI is InChI=1S/C17H22N2O2/c1-12-6-7-15-13(9-12)10-16(21-15)17(20)19(2)11-14-5-3-4-8-18-14/h6-7,9-10,14,18H,3-5,8,11H2,1-2H3. The van der Waals surface area contributed by atoms with Crippen molar-refractivity contribution in [2.45, 2.75) is 32.2 Å². The molecule has 1 fully saturated rings. The van der Waals surface area contributed by atoms with E-state index in [0.29, 0.717) is 11.8 Å². The van der Waals surface area contributed by atoms with Gasteiger partial charge in [0, 0.05) is 25.0 Å². The second-order valence-corrected chi connectivity index (χ2v) is 5.98. The largest absolute Gasteiger partial charge is 0.451 e. The van der Waals surface area contributed by atoms with Gasteiger partial charge >= 0.3 is 0 Å². The van der Waals surface area contributed by atoms with Crippen molar-refractivity contribution in [1.82, 2.24) is 10.2 Å². The first-order valence-electron chi connectivity index (χ1n) is 7.62. The van der Waals surface area contributed by atoms with Gasteiger partial charge in [0.2, 0.25) is 0 Å². The number of nitrogens with zero attached hydrogens (tertiary/aromatic N) is 1. The number of hydrogen-bond acceptors (Lipinski definition) is 3.